The maximum atomic E-state index is 10.1. The summed E-state index contributed by atoms with van der Waals surface area (Å²) in [5.74, 6) is 0. The summed E-state index contributed by atoms with van der Waals surface area (Å²) in [5.41, 5.74) is 2.09. The van der Waals surface area contributed by atoms with Crippen molar-refractivity contribution in [2.24, 2.45) is 0 Å². The Kier molecular flexibility index (Phi) is 4.37. The fraction of sp³-hybridized carbons (Fsp3) is 0.500. The van der Waals surface area contributed by atoms with Gasteiger partial charge in [-0.3, -0.25) is 4.68 Å². The van der Waals surface area contributed by atoms with Gasteiger partial charge in [0.25, 0.3) is 0 Å². The van der Waals surface area contributed by atoms with Crippen LogP contribution in [-0.2, 0) is 19.4 Å². The average molecular weight is 286 g/mol. The van der Waals surface area contributed by atoms with Crippen LogP contribution in [0.5, 0.6) is 0 Å². The Hall–Kier alpha value is -0.910. The van der Waals surface area contributed by atoms with Gasteiger partial charge in [0, 0.05) is 18.7 Å². The number of aromatic nitrogens is 3. The molecular formula is C12H16ClN3OS. The minimum Gasteiger partial charge on any atom is -0.386 e. The number of halogens is 1. The van der Waals surface area contributed by atoms with Crippen molar-refractivity contribution < 1.29 is 5.11 Å². The van der Waals surface area contributed by atoms with Gasteiger partial charge in [-0.05, 0) is 19.4 Å². The molecule has 0 spiro atoms. The van der Waals surface area contributed by atoms with Crippen LogP contribution in [0, 0.1) is 0 Å². The lowest BCUT2D eigenvalue weighted by molar-refractivity contribution is 0.175. The first-order chi connectivity index (χ1) is 8.63. The molecule has 2 aromatic heterocycles. The van der Waals surface area contributed by atoms with Crippen molar-refractivity contribution in [2.75, 3.05) is 0 Å². The molecule has 1 unspecified atom stereocenters. The molecule has 6 heteroatoms. The van der Waals surface area contributed by atoms with E-state index in [0.717, 1.165) is 24.4 Å². The zero-order chi connectivity index (χ0) is 13.1. The van der Waals surface area contributed by atoms with Crippen LogP contribution >= 0.6 is 22.9 Å². The molecule has 1 atom stereocenters. The van der Waals surface area contributed by atoms with E-state index in [9.17, 15) is 5.11 Å². The maximum Gasteiger partial charge on any atom is 0.123 e. The summed E-state index contributed by atoms with van der Waals surface area (Å²) in [6.07, 6.45) is 2.37. The second-order valence-electron chi connectivity index (χ2n) is 4.02. The van der Waals surface area contributed by atoms with Gasteiger partial charge in [-0.1, -0.05) is 18.5 Å². The Bertz CT molecular complexity index is 523. The Labute approximate surface area is 115 Å². The normalized spacial score (nSPS) is 12.9. The summed E-state index contributed by atoms with van der Waals surface area (Å²) in [5, 5.41) is 15.3. The lowest BCUT2D eigenvalue weighted by Gasteiger charge is -2.08. The number of thiazole rings is 1. The van der Waals surface area contributed by atoms with Crippen molar-refractivity contribution in [1.82, 2.24) is 14.8 Å². The second-order valence-corrected chi connectivity index (χ2v) is 5.71. The van der Waals surface area contributed by atoms with Crippen molar-refractivity contribution in [2.45, 2.75) is 39.3 Å². The van der Waals surface area contributed by atoms with Crippen molar-refractivity contribution in [3.05, 3.63) is 33.0 Å². The van der Waals surface area contributed by atoms with E-state index < -0.39 is 6.10 Å². The molecule has 1 N–H and O–H groups in total. The van der Waals surface area contributed by atoms with Crippen LogP contribution in [0.4, 0.5) is 0 Å². The van der Waals surface area contributed by atoms with Gasteiger partial charge in [-0.15, -0.1) is 11.3 Å². The molecule has 2 heterocycles. The number of rotatable bonds is 5. The number of hydrogen-bond acceptors (Lipinski definition) is 4. The first kappa shape index (κ1) is 13.5. The van der Waals surface area contributed by atoms with Crippen LogP contribution in [0.2, 0.25) is 4.34 Å². The number of nitrogens with zero attached hydrogens (tertiary/aromatic N) is 3. The summed E-state index contributed by atoms with van der Waals surface area (Å²) in [7, 11) is 0. The van der Waals surface area contributed by atoms with Crippen LogP contribution in [0.1, 0.15) is 36.3 Å². The highest BCUT2D eigenvalue weighted by atomic mass is 35.5. The molecule has 2 rings (SSSR count). The Balaban J connectivity index is 2.15. The zero-order valence-electron chi connectivity index (χ0n) is 10.4. The second kappa shape index (κ2) is 5.82. The molecule has 98 valence electrons. The smallest absolute Gasteiger partial charge is 0.123 e. The molecule has 0 amide bonds. The zero-order valence-corrected chi connectivity index (χ0v) is 12.0. The third kappa shape index (κ3) is 2.91. The molecule has 0 radical (unpaired) electrons. The lowest BCUT2D eigenvalue weighted by Crippen LogP contribution is -2.08. The number of hydrogen-bond donors (Lipinski definition) is 1. The topological polar surface area (TPSA) is 50.9 Å². The number of aliphatic hydroxyl groups is 1. The van der Waals surface area contributed by atoms with Crippen LogP contribution < -0.4 is 0 Å². The molecule has 0 aliphatic carbocycles. The van der Waals surface area contributed by atoms with E-state index in [4.69, 9.17) is 11.6 Å². The molecule has 0 aliphatic heterocycles. The predicted octanol–water partition coefficient (Wildman–Crippen LogP) is 2.85. The third-order valence-electron chi connectivity index (χ3n) is 2.76. The highest BCUT2D eigenvalue weighted by molar-refractivity contribution is 7.15. The highest BCUT2D eigenvalue weighted by Crippen LogP contribution is 2.26. The minimum atomic E-state index is -0.616. The first-order valence-electron chi connectivity index (χ1n) is 5.98. The van der Waals surface area contributed by atoms with Gasteiger partial charge in [0.2, 0.25) is 0 Å². The van der Waals surface area contributed by atoms with E-state index in [1.54, 1.807) is 6.20 Å². The fourth-order valence-corrected chi connectivity index (χ4v) is 2.75. The molecule has 4 nitrogen and oxygen atoms in total. The molecular weight excluding hydrogens is 270 g/mol. The van der Waals surface area contributed by atoms with Crippen LogP contribution in [0.15, 0.2) is 12.3 Å². The Morgan fingerprint density at radius 1 is 1.50 bits per heavy atom. The molecule has 0 saturated carbocycles. The first-order valence-corrected chi connectivity index (χ1v) is 7.18. The van der Waals surface area contributed by atoms with Crippen LogP contribution in [0.25, 0.3) is 0 Å². The molecule has 0 aliphatic rings. The van der Waals surface area contributed by atoms with Crippen molar-refractivity contribution in [1.29, 1.82) is 0 Å². The van der Waals surface area contributed by atoms with E-state index in [1.807, 2.05) is 17.7 Å². The standard InChI is InChI=1S/C12H16ClN3OS/c1-3-8-5-9(16(4-2)15-8)6-10(17)12-14-7-11(13)18-12/h5,7,10,17H,3-4,6H2,1-2H3. The van der Waals surface area contributed by atoms with Crippen molar-refractivity contribution in [3.8, 4) is 0 Å². The van der Waals surface area contributed by atoms with E-state index in [1.165, 1.54) is 11.3 Å². The maximum absolute atomic E-state index is 10.1. The van der Waals surface area contributed by atoms with Gasteiger partial charge < -0.3 is 5.11 Å². The van der Waals surface area contributed by atoms with Crippen LogP contribution in [0.3, 0.4) is 0 Å². The summed E-state index contributed by atoms with van der Waals surface area (Å²) >= 11 is 7.14. The van der Waals surface area contributed by atoms with Gasteiger partial charge in [0.1, 0.15) is 15.4 Å². The Morgan fingerprint density at radius 3 is 2.83 bits per heavy atom. The molecule has 0 aromatic carbocycles. The molecule has 18 heavy (non-hydrogen) atoms. The van der Waals surface area contributed by atoms with E-state index in [2.05, 4.69) is 17.0 Å². The van der Waals surface area contributed by atoms with Gasteiger partial charge in [-0.25, -0.2) is 4.98 Å². The average Bonchev–Trinajstić information content (AvgIpc) is 2.95. The van der Waals surface area contributed by atoms with Gasteiger partial charge in [0.15, 0.2) is 0 Å². The number of aliphatic hydroxyl groups excluding tert-OH is 1. The van der Waals surface area contributed by atoms with Gasteiger partial charge in [0.05, 0.1) is 11.9 Å². The quantitative estimate of drug-likeness (QED) is 0.919. The van der Waals surface area contributed by atoms with Gasteiger partial charge in [-0.2, -0.15) is 5.10 Å². The third-order valence-corrected chi connectivity index (χ3v) is 3.97. The molecule has 2 aromatic rings. The molecule has 0 fully saturated rings. The van der Waals surface area contributed by atoms with E-state index in [-0.39, 0.29) is 0 Å². The monoisotopic (exact) mass is 285 g/mol. The highest BCUT2D eigenvalue weighted by Gasteiger charge is 2.16. The van der Waals surface area contributed by atoms with Crippen LogP contribution in [-0.4, -0.2) is 19.9 Å². The van der Waals surface area contributed by atoms with E-state index in [0.29, 0.717) is 15.8 Å². The summed E-state index contributed by atoms with van der Waals surface area (Å²) in [4.78, 5) is 4.10. The minimum absolute atomic E-state index is 0.519. The summed E-state index contributed by atoms with van der Waals surface area (Å²) < 4.78 is 2.53. The van der Waals surface area contributed by atoms with Crippen molar-refractivity contribution in [3.63, 3.8) is 0 Å². The largest absolute Gasteiger partial charge is 0.386 e. The lowest BCUT2D eigenvalue weighted by atomic mass is 10.2. The Morgan fingerprint density at radius 2 is 2.28 bits per heavy atom. The summed E-state index contributed by atoms with van der Waals surface area (Å²) in [6, 6.07) is 2.04. The fourth-order valence-electron chi connectivity index (χ4n) is 1.83. The predicted molar refractivity (Wildman–Crippen MR) is 73.1 cm³/mol. The van der Waals surface area contributed by atoms with Gasteiger partial charge >= 0.3 is 0 Å². The molecule has 0 saturated heterocycles. The summed E-state index contributed by atoms with van der Waals surface area (Å²) in [6.45, 7) is 4.92. The SMILES string of the molecule is CCc1cc(CC(O)c2ncc(Cl)s2)n(CC)n1. The molecule has 0 bridgehead atoms. The van der Waals surface area contributed by atoms with Crippen molar-refractivity contribution >= 4 is 22.9 Å². The van der Waals surface area contributed by atoms with E-state index >= 15 is 0 Å². The number of aryl methyl sites for hydroxylation is 2.